The lowest BCUT2D eigenvalue weighted by Crippen LogP contribution is -2.51. The standard InChI is InChI=1S/C18H19NO6/c1-11-14(6-9-24-11)17(20)19-15-10-23-8-7-16(15)25-13-4-2-12(3-5-13)18(21)22/h2-6,9,15-16H,7-8,10H2,1H3,(H,19,20)(H,21,22)/t15-,16-/m1/s1. The first-order chi connectivity index (χ1) is 12.0. The zero-order valence-electron chi connectivity index (χ0n) is 13.7. The van der Waals surface area contributed by atoms with Gasteiger partial charge in [-0.3, -0.25) is 4.79 Å². The van der Waals surface area contributed by atoms with Crippen LogP contribution in [0, 0.1) is 6.92 Å². The predicted molar refractivity (Wildman–Crippen MR) is 88.0 cm³/mol. The second-order valence-electron chi connectivity index (χ2n) is 5.82. The summed E-state index contributed by atoms with van der Waals surface area (Å²) in [7, 11) is 0. The Morgan fingerprint density at radius 3 is 2.64 bits per heavy atom. The lowest BCUT2D eigenvalue weighted by Gasteiger charge is -2.32. The normalized spacial score (nSPS) is 20.0. The number of carboxylic acids is 1. The van der Waals surface area contributed by atoms with Crippen LogP contribution >= 0.6 is 0 Å². The van der Waals surface area contributed by atoms with Gasteiger partial charge in [0.2, 0.25) is 0 Å². The molecule has 0 unspecified atom stereocenters. The highest BCUT2D eigenvalue weighted by Crippen LogP contribution is 2.20. The second-order valence-corrected chi connectivity index (χ2v) is 5.82. The Balaban J connectivity index is 1.67. The fourth-order valence-electron chi connectivity index (χ4n) is 2.71. The van der Waals surface area contributed by atoms with Gasteiger partial charge in [-0.15, -0.1) is 0 Å². The third-order valence-corrected chi connectivity index (χ3v) is 4.10. The zero-order chi connectivity index (χ0) is 17.8. The minimum Gasteiger partial charge on any atom is -0.488 e. The van der Waals surface area contributed by atoms with Crippen LogP contribution < -0.4 is 10.1 Å². The summed E-state index contributed by atoms with van der Waals surface area (Å²) in [6, 6.07) is 7.50. The monoisotopic (exact) mass is 345 g/mol. The number of benzene rings is 1. The van der Waals surface area contributed by atoms with Crippen molar-refractivity contribution in [3.63, 3.8) is 0 Å². The van der Waals surface area contributed by atoms with Crippen LogP contribution in [0.25, 0.3) is 0 Å². The number of hydrogen-bond donors (Lipinski definition) is 2. The maximum Gasteiger partial charge on any atom is 0.335 e. The molecular formula is C18H19NO6. The molecule has 1 aromatic carbocycles. The number of hydrogen-bond acceptors (Lipinski definition) is 5. The van der Waals surface area contributed by atoms with Crippen LogP contribution in [-0.4, -0.2) is 42.3 Å². The molecule has 3 rings (SSSR count). The van der Waals surface area contributed by atoms with Gasteiger partial charge in [0, 0.05) is 6.42 Å². The van der Waals surface area contributed by atoms with Crippen LogP contribution in [0.15, 0.2) is 41.0 Å². The number of carbonyl (C=O) groups is 2. The van der Waals surface area contributed by atoms with E-state index in [-0.39, 0.29) is 23.6 Å². The summed E-state index contributed by atoms with van der Waals surface area (Å²) in [6.07, 6.45) is 1.83. The van der Waals surface area contributed by atoms with E-state index in [1.165, 1.54) is 18.4 Å². The molecule has 0 aliphatic carbocycles. The molecule has 25 heavy (non-hydrogen) atoms. The van der Waals surface area contributed by atoms with E-state index >= 15 is 0 Å². The van der Waals surface area contributed by atoms with Gasteiger partial charge in [-0.05, 0) is 37.3 Å². The molecule has 1 aliphatic rings. The molecule has 0 saturated carbocycles. The fourth-order valence-corrected chi connectivity index (χ4v) is 2.71. The third-order valence-electron chi connectivity index (χ3n) is 4.10. The molecule has 0 spiro atoms. The van der Waals surface area contributed by atoms with Crippen LogP contribution in [0.5, 0.6) is 5.75 Å². The minimum absolute atomic E-state index is 0.194. The first kappa shape index (κ1) is 17.0. The number of carboxylic acid groups (broad SMARTS) is 1. The largest absolute Gasteiger partial charge is 0.488 e. The molecule has 2 N–H and O–H groups in total. The predicted octanol–water partition coefficient (Wildman–Crippen LogP) is 2.25. The zero-order valence-corrected chi connectivity index (χ0v) is 13.7. The maximum atomic E-state index is 12.4. The first-order valence-corrected chi connectivity index (χ1v) is 7.97. The first-order valence-electron chi connectivity index (χ1n) is 7.97. The van der Waals surface area contributed by atoms with Gasteiger partial charge in [-0.2, -0.15) is 0 Å². The lowest BCUT2D eigenvalue weighted by atomic mass is 10.1. The maximum absolute atomic E-state index is 12.4. The Kier molecular flexibility index (Phi) is 5.04. The smallest absolute Gasteiger partial charge is 0.335 e. The molecule has 1 fully saturated rings. The Hall–Kier alpha value is -2.80. The summed E-state index contributed by atoms with van der Waals surface area (Å²) in [4.78, 5) is 23.3. The summed E-state index contributed by atoms with van der Waals surface area (Å²) in [5, 5.41) is 11.9. The molecule has 132 valence electrons. The van der Waals surface area contributed by atoms with Crippen molar-refractivity contribution in [1.29, 1.82) is 0 Å². The van der Waals surface area contributed by atoms with E-state index in [1.54, 1.807) is 25.1 Å². The molecule has 7 heteroatoms. The van der Waals surface area contributed by atoms with Crippen molar-refractivity contribution < 1.29 is 28.6 Å². The van der Waals surface area contributed by atoms with E-state index in [1.807, 2.05) is 0 Å². The van der Waals surface area contributed by atoms with E-state index in [4.69, 9.17) is 19.0 Å². The fraction of sp³-hybridized carbons (Fsp3) is 0.333. The summed E-state index contributed by atoms with van der Waals surface area (Å²) in [5.41, 5.74) is 0.676. The van der Waals surface area contributed by atoms with Gasteiger partial charge >= 0.3 is 5.97 Å². The van der Waals surface area contributed by atoms with Gasteiger partial charge in [-0.25, -0.2) is 4.79 Å². The Bertz CT molecular complexity index is 751. The topological polar surface area (TPSA) is 98.0 Å². The van der Waals surface area contributed by atoms with Crippen molar-refractivity contribution in [2.75, 3.05) is 13.2 Å². The second kappa shape index (κ2) is 7.40. The molecular weight excluding hydrogens is 326 g/mol. The summed E-state index contributed by atoms with van der Waals surface area (Å²) < 4.78 is 16.5. The molecule has 2 atom stereocenters. The Morgan fingerprint density at radius 2 is 2.00 bits per heavy atom. The molecule has 1 aromatic heterocycles. The molecule has 1 saturated heterocycles. The van der Waals surface area contributed by atoms with Gasteiger partial charge in [0.1, 0.15) is 17.6 Å². The van der Waals surface area contributed by atoms with Crippen molar-refractivity contribution >= 4 is 11.9 Å². The highest BCUT2D eigenvalue weighted by atomic mass is 16.5. The van der Waals surface area contributed by atoms with Crippen molar-refractivity contribution in [3.05, 3.63) is 53.5 Å². The summed E-state index contributed by atoms with van der Waals surface area (Å²) in [5.74, 6) is -0.124. The van der Waals surface area contributed by atoms with Crippen LogP contribution in [0.1, 0.15) is 32.9 Å². The van der Waals surface area contributed by atoms with E-state index in [0.717, 1.165) is 0 Å². The molecule has 1 amide bonds. The number of rotatable bonds is 5. The molecule has 1 aliphatic heterocycles. The highest BCUT2D eigenvalue weighted by Gasteiger charge is 2.30. The quantitative estimate of drug-likeness (QED) is 0.862. The number of carbonyl (C=O) groups excluding carboxylic acids is 1. The summed E-state index contributed by atoms with van der Waals surface area (Å²) in [6.45, 7) is 2.61. The van der Waals surface area contributed by atoms with Crippen LogP contribution in [0.2, 0.25) is 0 Å². The Labute approximate surface area is 144 Å². The molecule has 0 bridgehead atoms. The average Bonchev–Trinajstić information content (AvgIpc) is 3.03. The van der Waals surface area contributed by atoms with E-state index in [2.05, 4.69) is 5.32 Å². The van der Waals surface area contributed by atoms with Crippen molar-refractivity contribution in [2.45, 2.75) is 25.5 Å². The number of amides is 1. The van der Waals surface area contributed by atoms with E-state index in [0.29, 0.717) is 36.7 Å². The molecule has 7 nitrogen and oxygen atoms in total. The average molecular weight is 345 g/mol. The lowest BCUT2D eigenvalue weighted by molar-refractivity contribution is -0.00291. The van der Waals surface area contributed by atoms with Crippen molar-refractivity contribution in [2.24, 2.45) is 0 Å². The SMILES string of the molecule is Cc1occc1C(=O)N[C@@H]1COCC[C@H]1Oc1ccc(C(=O)O)cc1. The minimum atomic E-state index is -0.988. The number of furan rings is 1. The number of aryl methyl sites for hydroxylation is 1. The van der Waals surface area contributed by atoms with Crippen LogP contribution in [-0.2, 0) is 4.74 Å². The van der Waals surface area contributed by atoms with Gasteiger partial charge in [-0.1, -0.05) is 0 Å². The molecule has 2 aromatic rings. The van der Waals surface area contributed by atoms with E-state index < -0.39 is 5.97 Å². The number of ether oxygens (including phenoxy) is 2. The van der Waals surface area contributed by atoms with Crippen molar-refractivity contribution in [3.8, 4) is 5.75 Å². The number of aromatic carboxylic acids is 1. The number of nitrogens with one attached hydrogen (secondary N) is 1. The van der Waals surface area contributed by atoms with Gasteiger partial charge < -0.3 is 24.3 Å². The van der Waals surface area contributed by atoms with Crippen LogP contribution in [0.4, 0.5) is 0 Å². The van der Waals surface area contributed by atoms with Crippen LogP contribution in [0.3, 0.4) is 0 Å². The Morgan fingerprint density at radius 1 is 1.24 bits per heavy atom. The van der Waals surface area contributed by atoms with Crippen molar-refractivity contribution in [1.82, 2.24) is 5.32 Å². The highest BCUT2D eigenvalue weighted by molar-refractivity contribution is 5.95. The molecule has 0 radical (unpaired) electrons. The van der Waals surface area contributed by atoms with Gasteiger partial charge in [0.25, 0.3) is 5.91 Å². The van der Waals surface area contributed by atoms with E-state index in [9.17, 15) is 9.59 Å². The summed E-state index contributed by atoms with van der Waals surface area (Å²) >= 11 is 0. The van der Waals surface area contributed by atoms with Gasteiger partial charge in [0.05, 0.1) is 36.6 Å². The molecule has 2 heterocycles. The third kappa shape index (κ3) is 4.00. The van der Waals surface area contributed by atoms with Gasteiger partial charge in [0.15, 0.2) is 0 Å².